The first-order chi connectivity index (χ1) is 8.27. The molecule has 0 spiro atoms. The number of carbonyl (C=O) groups excluding carboxylic acids is 1. The van der Waals surface area contributed by atoms with E-state index in [9.17, 15) is 4.79 Å². The van der Waals surface area contributed by atoms with Gasteiger partial charge in [-0.2, -0.15) is 0 Å². The minimum Gasteiger partial charge on any atom is -0.467 e. The highest BCUT2D eigenvalue weighted by atomic mass is 16.5. The SMILES string of the molecule is COC(=O)[C@H]1[C@H](OC)CCN1c1ccccc1. The molecule has 4 nitrogen and oxygen atoms in total. The van der Waals surface area contributed by atoms with Crippen LogP contribution in [0.3, 0.4) is 0 Å². The van der Waals surface area contributed by atoms with Crippen LogP contribution in [0.4, 0.5) is 5.69 Å². The van der Waals surface area contributed by atoms with Gasteiger partial charge in [-0.05, 0) is 18.6 Å². The Bertz CT molecular complexity index is 380. The van der Waals surface area contributed by atoms with Gasteiger partial charge in [0, 0.05) is 19.3 Å². The average Bonchev–Trinajstić information content (AvgIpc) is 2.82. The molecule has 1 aromatic rings. The molecule has 1 aliphatic rings. The van der Waals surface area contributed by atoms with Gasteiger partial charge in [0.2, 0.25) is 0 Å². The van der Waals surface area contributed by atoms with Crippen molar-refractivity contribution in [3.8, 4) is 0 Å². The van der Waals surface area contributed by atoms with Crippen molar-refractivity contribution < 1.29 is 14.3 Å². The number of esters is 1. The monoisotopic (exact) mass is 235 g/mol. The Labute approximate surface area is 101 Å². The molecule has 1 heterocycles. The molecule has 1 aliphatic heterocycles. The molecule has 17 heavy (non-hydrogen) atoms. The zero-order valence-electron chi connectivity index (χ0n) is 10.1. The molecule has 1 saturated heterocycles. The molecule has 0 bridgehead atoms. The maximum absolute atomic E-state index is 11.8. The van der Waals surface area contributed by atoms with Crippen LogP contribution in [0.5, 0.6) is 0 Å². The number of benzene rings is 1. The van der Waals surface area contributed by atoms with Crippen LogP contribution in [0.1, 0.15) is 6.42 Å². The fourth-order valence-electron chi connectivity index (χ4n) is 2.32. The van der Waals surface area contributed by atoms with Crippen LogP contribution in [0.15, 0.2) is 30.3 Å². The van der Waals surface area contributed by atoms with E-state index in [-0.39, 0.29) is 18.1 Å². The maximum atomic E-state index is 11.8. The van der Waals surface area contributed by atoms with Crippen LogP contribution >= 0.6 is 0 Å². The van der Waals surface area contributed by atoms with E-state index in [1.54, 1.807) is 7.11 Å². The number of hydrogen-bond acceptors (Lipinski definition) is 4. The van der Waals surface area contributed by atoms with E-state index in [2.05, 4.69) is 0 Å². The van der Waals surface area contributed by atoms with Crippen LogP contribution in [-0.4, -0.2) is 38.9 Å². The lowest BCUT2D eigenvalue weighted by molar-refractivity contribution is -0.144. The molecule has 4 heteroatoms. The minimum absolute atomic E-state index is 0.0948. The number of carbonyl (C=O) groups is 1. The van der Waals surface area contributed by atoms with Gasteiger partial charge in [-0.15, -0.1) is 0 Å². The van der Waals surface area contributed by atoms with Crippen molar-refractivity contribution in [1.29, 1.82) is 0 Å². The summed E-state index contributed by atoms with van der Waals surface area (Å²) in [5.74, 6) is -0.238. The fraction of sp³-hybridized carbons (Fsp3) is 0.462. The first-order valence-electron chi connectivity index (χ1n) is 5.70. The van der Waals surface area contributed by atoms with Crippen molar-refractivity contribution >= 4 is 11.7 Å². The molecule has 0 radical (unpaired) electrons. The Hall–Kier alpha value is -1.55. The number of hydrogen-bond donors (Lipinski definition) is 0. The number of rotatable bonds is 3. The number of nitrogens with zero attached hydrogens (tertiary/aromatic N) is 1. The van der Waals surface area contributed by atoms with Crippen LogP contribution in [0.2, 0.25) is 0 Å². The number of para-hydroxylation sites is 1. The predicted molar refractivity (Wildman–Crippen MR) is 65.0 cm³/mol. The van der Waals surface area contributed by atoms with Gasteiger partial charge in [-0.25, -0.2) is 4.79 Å². The molecular formula is C13H17NO3. The molecule has 1 fully saturated rings. The molecule has 2 rings (SSSR count). The van der Waals surface area contributed by atoms with Gasteiger partial charge in [0.15, 0.2) is 6.04 Å². The van der Waals surface area contributed by atoms with Crippen LogP contribution in [0.25, 0.3) is 0 Å². The Morgan fingerprint density at radius 3 is 2.59 bits per heavy atom. The van der Waals surface area contributed by atoms with E-state index < -0.39 is 0 Å². The minimum atomic E-state index is -0.340. The highest BCUT2D eigenvalue weighted by molar-refractivity contribution is 5.81. The highest BCUT2D eigenvalue weighted by Gasteiger charge is 2.40. The predicted octanol–water partition coefficient (Wildman–Crippen LogP) is 1.45. The quantitative estimate of drug-likeness (QED) is 0.743. The van der Waals surface area contributed by atoms with E-state index in [1.165, 1.54) is 7.11 Å². The second-order valence-electron chi connectivity index (χ2n) is 4.06. The van der Waals surface area contributed by atoms with Crippen molar-refractivity contribution in [3.63, 3.8) is 0 Å². The Kier molecular flexibility index (Phi) is 3.64. The summed E-state index contributed by atoms with van der Waals surface area (Å²) in [6.07, 6.45) is 0.744. The van der Waals surface area contributed by atoms with E-state index in [4.69, 9.17) is 9.47 Å². The normalized spacial score (nSPS) is 23.8. The number of ether oxygens (including phenoxy) is 2. The standard InChI is InChI=1S/C13H17NO3/c1-16-11-8-9-14(12(11)13(15)17-2)10-6-4-3-5-7-10/h3-7,11-12H,8-9H2,1-2H3/t11-,12-/m1/s1. The topological polar surface area (TPSA) is 38.8 Å². The second-order valence-corrected chi connectivity index (χ2v) is 4.06. The lowest BCUT2D eigenvalue weighted by atomic mass is 10.1. The van der Waals surface area contributed by atoms with E-state index >= 15 is 0 Å². The summed E-state index contributed by atoms with van der Waals surface area (Å²) in [7, 11) is 3.05. The van der Waals surface area contributed by atoms with Crippen LogP contribution < -0.4 is 4.90 Å². The van der Waals surface area contributed by atoms with Crippen LogP contribution in [-0.2, 0) is 14.3 Å². The molecule has 0 aromatic heterocycles. The third kappa shape index (κ3) is 2.26. The maximum Gasteiger partial charge on any atom is 0.331 e. The molecule has 0 amide bonds. The van der Waals surface area contributed by atoms with Crippen molar-refractivity contribution in [1.82, 2.24) is 0 Å². The first-order valence-corrected chi connectivity index (χ1v) is 5.70. The molecule has 0 aliphatic carbocycles. The van der Waals surface area contributed by atoms with Gasteiger partial charge in [0.05, 0.1) is 13.2 Å². The Morgan fingerprint density at radius 1 is 1.29 bits per heavy atom. The summed E-state index contributed by atoms with van der Waals surface area (Å²) in [5, 5.41) is 0. The fourth-order valence-corrected chi connectivity index (χ4v) is 2.32. The number of methoxy groups -OCH3 is 2. The summed E-state index contributed by atoms with van der Waals surface area (Å²) in [4.78, 5) is 13.9. The van der Waals surface area contributed by atoms with Crippen molar-refractivity contribution in [3.05, 3.63) is 30.3 Å². The molecule has 2 atom stereocenters. The number of anilines is 1. The van der Waals surface area contributed by atoms with Gasteiger partial charge in [-0.3, -0.25) is 0 Å². The van der Waals surface area contributed by atoms with Gasteiger partial charge < -0.3 is 14.4 Å². The third-order valence-electron chi connectivity index (χ3n) is 3.18. The first kappa shape index (κ1) is 11.9. The average molecular weight is 235 g/mol. The summed E-state index contributed by atoms with van der Waals surface area (Å²) < 4.78 is 10.2. The van der Waals surface area contributed by atoms with Gasteiger partial charge in [0.1, 0.15) is 0 Å². The highest BCUT2D eigenvalue weighted by Crippen LogP contribution is 2.27. The van der Waals surface area contributed by atoms with E-state index in [0.29, 0.717) is 0 Å². The smallest absolute Gasteiger partial charge is 0.331 e. The molecule has 0 unspecified atom stereocenters. The zero-order valence-corrected chi connectivity index (χ0v) is 10.1. The molecule has 0 N–H and O–H groups in total. The molecule has 1 aromatic carbocycles. The van der Waals surface area contributed by atoms with Crippen molar-refractivity contribution in [2.24, 2.45) is 0 Å². The summed E-state index contributed by atoms with van der Waals surface area (Å²) >= 11 is 0. The van der Waals surface area contributed by atoms with Gasteiger partial charge in [0.25, 0.3) is 0 Å². The second kappa shape index (κ2) is 5.19. The van der Waals surface area contributed by atoms with E-state index in [1.807, 2.05) is 35.2 Å². The van der Waals surface area contributed by atoms with E-state index in [0.717, 1.165) is 18.7 Å². The van der Waals surface area contributed by atoms with Crippen LogP contribution in [0, 0.1) is 0 Å². The summed E-state index contributed by atoms with van der Waals surface area (Å²) in [6, 6.07) is 9.53. The third-order valence-corrected chi connectivity index (χ3v) is 3.18. The Morgan fingerprint density at radius 2 is 2.00 bits per heavy atom. The Balaban J connectivity index is 2.25. The van der Waals surface area contributed by atoms with Gasteiger partial charge >= 0.3 is 5.97 Å². The summed E-state index contributed by atoms with van der Waals surface area (Å²) in [5.41, 5.74) is 1.03. The van der Waals surface area contributed by atoms with Crippen molar-refractivity contribution in [2.45, 2.75) is 18.6 Å². The lowest BCUT2D eigenvalue weighted by Gasteiger charge is -2.26. The largest absolute Gasteiger partial charge is 0.467 e. The zero-order chi connectivity index (χ0) is 12.3. The molecular weight excluding hydrogens is 218 g/mol. The molecule has 0 saturated carbocycles. The molecule has 92 valence electrons. The lowest BCUT2D eigenvalue weighted by Crippen LogP contribution is -2.43. The van der Waals surface area contributed by atoms with Gasteiger partial charge in [-0.1, -0.05) is 18.2 Å². The van der Waals surface area contributed by atoms with Crippen molar-refractivity contribution in [2.75, 3.05) is 25.7 Å². The summed E-state index contributed by atoms with van der Waals surface area (Å²) in [6.45, 7) is 0.808.